The molecule has 0 saturated heterocycles. The van der Waals surface area contributed by atoms with Gasteiger partial charge < -0.3 is 11.1 Å². The molecule has 110 valence electrons. The fraction of sp³-hybridized carbons (Fsp3) is 0.471. The molecule has 0 fully saturated rings. The van der Waals surface area contributed by atoms with Crippen molar-refractivity contribution < 1.29 is 4.79 Å². The van der Waals surface area contributed by atoms with E-state index in [0.29, 0.717) is 12.1 Å². The average molecular weight is 274 g/mol. The summed E-state index contributed by atoms with van der Waals surface area (Å²) in [4.78, 5) is 12.2. The van der Waals surface area contributed by atoms with E-state index >= 15 is 0 Å². The van der Waals surface area contributed by atoms with Crippen LogP contribution in [0, 0.1) is 5.41 Å². The normalized spacial score (nSPS) is 22.9. The smallest absolute Gasteiger partial charge is 0.251 e. The lowest BCUT2D eigenvalue weighted by molar-refractivity contribution is -0.117. The largest absolute Gasteiger partial charge is 0.352 e. The van der Waals surface area contributed by atoms with Gasteiger partial charge in [0.1, 0.15) is 0 Å². The van der Waals surface area contributed by atoms with Crippen molar-refractivity contribution >= 4 is 5.91 Å². The molecule has 3 N–H and O–H groups in total. The van der Waals surface area contributed by atoms with Gasteiger partial charge in [0.15, 0.2) is 0 Å². The van der Waals surface area contributed by atoms with Gasteiger partial charge >= 0.3 is 0 Å². The van der Waals surface area contributed by atoms with Crippen molar-refractivity contribution in [1.29, 1.82) is 0 Å². The Morgan fingerprint density at radius 3 is 2.35 bits per heavy atom. The van der Waals surface area contributed by atoms with E-state index in [1.54, 1.807) is 0 Å². The van der Waals surface area contributed by atoms with Crippen LogP contribution < -0.4 is 11.1 Å². The Labute approximate surface area is 122 Å². The Morgan fingerprint density at radius 2 is 1.70 bits per heavy atom. The molecule has 1 aliphatic carbocycles. The second-order valence-electron chi connectivity index (χ2n) is 6.76. The first-order valence-corrected chi connectivity index (χ1v) is 6.98. The maximum Gasteiger partial charge on any atom is 0.251 e. The van der Waals surface area contributed by atoms with E-state index in [1.165, 1.54) is 0 Å². The minimum atomic E-state index is -0.235. The van der Waals surface area contributed by atoms with E-state index in [9.17, 15) is 4.79 Å². The second kappa shape index (κ2) is 6.71. The number of hydrogen-bond donors (Lipinski definition) is 2. The Kier molecular flexibility index (Phi) is 5.52. The SMILES string of the molecule is CC(C)(N)CC(C)(C)CNC(=O)C1=C/C=C\C=C/C=C\1. The number of allylic oxidation sites excluding steroid dienone is 6. The summed E-state index contributed by atoms with van der Waals surface area (Å²) in [6, 6.07) is 0. The molecular formula is C17H26N2O. The van der Waals surface area contributed by atoms with E-state index in [1.807, 2.05) is 56.4 Å². The number of carbonyl (C=O) groups is 1. The highest BCUT2D eigenvalue weighted by Gasteiger charge is 2.26. The number of carbonyl (C=O) groups excluding carboxylic acids is 1. The Hall–Kier alpha value is -1.61. The van der Waals surface area contributed by atoms with E-state index in [-0.39, 0.29) is 16.9 Å². The fourth-order valence-electron chi connectivity index (χ4n) is 2.44. The van der Waals surface area contributed by atoms with Crippen molar-refractivity contribution in [3.63, 3.8) is 0 Å². The zero-order chi connectivity index (χ0) is 15.2. The second-order valence-corrected chi connectivity index (χ2v) is 6.76. The quantitative estimate of drug-likeness (QED) is 0.810. The summed E-state index contributed by atoms with van der Waals surface area (Å²) in [6.07, 6.45) is 13.9. The Bertz CT molecular complexity index is 460. The average Bonchev–Trinajstić information content (AvgIpc) is 2.22. The molecule has 0 unspecified atom stereocenters. The molecule has 0 saturated carbocycles. The number of hydrogen-bond acceptors (Lipinski definition) is 2. The van der Waals surface area contributed by atoms with Crippen molar-refractivity contribution in [3.05, 3.63) is 48.1 Å². The summed E-state index contributed by atoms with van der Waals surface area (Å²) >= 11 is 0. The minimum absolute atomic E-state index is 0.0322. The molecule has 0 atom stereocenters. The van der Waals surface area contributed by atoms with Crippen LogP contribution in [0.2, 0.25) is 0 Å². The predicted octanol–water partition coefficient (Wildman–Crippen LogP) is 2.86. The molecule has 0 aromatic carbocycles. The number of amides is 1. The van der Waals surface area contributed by atoms with Gasteiger partial charge in [-0.3, -0.25) is 4.79 Å². The minimum Gasteiger partial charge on any atom is -0.352 e. The maximum atomic E-state index is 12.2. The topological polar surface area (TPSA) is 55.1 Å². The van der Waals surface area contributed by atoms with Crippen LogP contribution in [0.5, 0.6) is 0 Å². The molecule has 0 aromatic heterocycles. The maximum absolute atomic E-state index is 12.2. The van der Waals surface area contributed by atoms with Crippen molar-refractivity contribution in [3.8, 4) is 0 Å². The highest BCUT2D eigenvalue weighted by Crippen LogP contribution is 2.25. The molecule has 1 rings (SSSR count). The monoisotopic (exact) mass is 274 g/mol. The van der Waals surface area contributed by atoms with Crippen molar-refractivity contribution in [2.45, 2.75) is 39.7 Å². The summed E-state index contributed by atoms with van der Waals surface area (Å²) in [5.74, 6) is -0.0518. The van der Waals surface area contributed by atoms with Gasteiger partial charge in [0.25, 0.3) is 5.91 Å². The molecule has 20 heavy (non-hydrogen) atoms. The van der Waals surface area contributed by atoms with Crippen molar-refractivity contribution in [1.82, 2.24) is 5.32 Å². The van der Waals surface area contributed by atoms with Crippen molar-refractivity contribution in [2.24, 2.45) is 11.1 Å². The van der Waals surface area contributed by atoms with Crippen LogP contribution in [0.15, 0.2) is 48.1 Å². The van der Waals surface area contributed by atoms with E-state index in [2.05, 4.69) is 19.2 Å². The summed E-state index contributed by atoms with van der Waals surface area (Å²) in [5, 5.41) is 2.99. The van der Waals surface area contributed by atoms with Gasteiger partial charge in [0.2, 0.25) is 0 Å². The fourth-order valence-corrected chi connectivity index (χ4v) is 2.44. The van der Waals surface area contributed by atoms with E-state index in [0.717, 1.165) is 6.42 Å². The number of nitrogens with two attached hydrogens (primary N) is 1. The summed E-state index contributed by atoms with van der Waals surface area (Å²) in [7, 11) is 0. The van der Waals surface area contributed by atoms with Crippen molar-refractivity contribution in [2.75, 3.05) is 6.54 Å². The molecule has 1 aliphatic rings. The van der Waals surface area contributed by atoms with Gasteiger partial charge in [-0.15, -0.1) is 0 Å². The Balaban J connectivity index is 2.59. The van der Waals surface area contributed by atoms with Gasteiger partial charge in [0, 0.05) is 17.7 Å². The number of nitrogens with one attached hydrogen (secondary N) is 1. The van der Waals surface area contributed by atoms with E-state index < -0.39 is 0 Å². The first kappa shape index (κ1) is 16.4. The summed E-state index contributed by atoms with van der Waals surface area (Å²) in [6.45, 7) is 8.86. The first-order chi connectivity index (χ1) is 9.20. The van der Waals surface area contributed by atoms with Crippen LogP contribution in [-0.2, 0) is 4.79 Å². The van der Waals surface area contributed by atoms with Crippen LogP contribution in [0.25, 0.3) is 0 Å². The molecule has 0 radical (unpaired) electrons. The molecule has 0 spiro atoms. The molecule has 0 bridgehead atoms. The molecule has 0 aromatic rings. The molecule has 0 aliphatic heterocycles. The standard InChI is InChI=1S/C17H26N2O/c1-16(2,12-17(3,4)18)13-19-15(20)14-10-8-6-5-7-9-11-14/h5-11H,12-13,18H2,1-4H3,(H,19,20)/b6-5-,7-5?,8-6?,9-7-,10-8-,11-9?,14-10?,14-11+. The zero-order valence-electron chi connectivity index (χ0n) is 12.9. The third-order valence-electron chi connectivity index (χ3n) is 2.92. The van der Waals surface area contributed by atoms with Crippen LogP contribution in [-0.4, -0.2) is 18.0 Å². The van der Waals surface area contributed by atoms with Gasteiger partial charge in [-0.25, -0.2) is 0 Å². The summed E-state index contributed by atoms with van der Waals surface area (Å²) in [5.41, 5.74) is 6.45. The highest BCUT2D eigenvalue weighted by molar-refractivity contribution is 5.96. The van der Waals surface area contributed by atoms with Crippen LogP contribution in [0.4, 0.5) is 0 Å². The van der Waals surface area contributed by atoms with Gasteiger partial charge in [-0.2, -0.15) is 0 Å². The molecule has 3 heteroatoms. The lowest BCUT2D eigenvalue weighted by atomic mass is 9.80. The number of rotatable bonds is 5. The molecular weight excluding hydrogens is 248 g/mol. The lowest BCUT2D eigenvalue weighted by Gasteiger charge is -2.32. The third-order valence-corrected chi connectivity index (χ3v) is 2.92. The summed E-state index contributed by atoms with van der Waals surface area (Å²) < 4.78 is 0. The van der Waals surface area contributed by atoms with Gasteiger partial charge in [-0.1, -0.05) is 44.2 Å². The molecule has 0 heterocycles. The van der Waals surface area contributed by atoms with E-state index in [4.69, 9.17) is 5.73 Å². The Morgan fingerprint density at radius 1 is 1.10 bits per heavy atom. The molecule has 1 amide bonds. The van der Waals surface area contributed by atoms with Crippen LogP contribution >= 0.6 is 0 Å². The van der Waals surface area contributed by atoms with Gasteiger partial charge in [-0.05, 0) is 37.8 Å². The first-order valence-electron chi connectivity index (χ1n) is 6.98. The van der Waals surface area contributed by atoms with Crippen LogP contribution in [0.1, 0.15) is 34.1 Å². The lowest BCUT2D eigenvalue weighted by Crippen LogP contribution is -2.42. The predicted molar refractivity (Wildman–Crippen MR) is 85.2 cm³/mol. The molecule has 3 nitrogen and oxygen atoms in total. The van der Waals surface area contributed by atoms with Gasteiger partial charge in [0.05, 0.1) is 0 Å². The highest BCUT2D eigenvalue weighted by atomic mass is 16.1. The third kappa shape index (κ3) is 6.53. The van der Waals surface area contributed by atoms with Crippen LogP contribution in [0.3, 0.4) is 0 Å². The zero-order valence-corrected chi connectivity index (χ0v) is 12.9.